The van der Waals surface area contributed by atoms with Gasteiger partial charge in [-0.2, -0.15) is 0 Å². The normalized spacial score (nSPS) is 24.5. The first kappa shape index (κ1) is 8.24. The van der Waals surface area contributed by atoms with E-state index in [4.69, 9.17) is 4.74 Å². The van der Waals surface area contributed by atoms with E-state index in [1.807, 2.05) is 36.4 Å². The molecule has 2 heteroatoms. The van der Waals surface area contributed by atoms with Crippen LogP contribution in [0, 0.1) is 0 Å². The molecule has 0 spiro atoms. The van der Waals surface area contributed by atoms with Gasteiger partial charge in [0.2, 0.25) is 0 Å². The van der Waals surface area contributed by atoms with E-state index in [2.05, 4.69) is 11.1 Å². The molecule has 0 bridgehead atoms. The van der Waals surface area contributed by atoms with Gasteiger partial charge in [0.1, 0.15) is 0 Å². The Bertz CT molecular complexity index is 521. The Labute approximate surface area is 87.9 Å². The van der Waals surface area contributed by atoms with Crippen molar-refractivity contribution in [2.24, 2.45) is 4.99 Å². The number of aliphatic imine (C=N–C) groups is 1. The molecule has 0 aromatic heterocycles. The fourth-order valence-electron chi connectivity index (χ4n) is 1.76. The molecule has 0 atom stereocenters. The molecular formula is C13H9NO. The van der Waals surface area contributed by atoms with Crippen molar-refractivity contribution in [2.45, 2.75) is 0 Å². The average molecular weight is 195 g/mol. The van der Waals surface area contributed by atoms with Crippen molar-refractivity contribution >= 4 is 17.0 Å². The van der Waals surface area contributed by atoms with Gasteiger partial charge in [0.05, 0.1) is 23.9 Å². The summed E-state index contributed by atoms with van der Waals surface area (Å²) in [7, 11) is 0. The van der Waals surface area contributed by atoms with Crippen LogP contribution in [0.15, 0.2) is 60.0 Å². The molecule has 3 rings (SSSR count). The zero-order valence-corrected chi connectivity index (χ0v) is 8.05. The Hall–Kier alpha value is -2.09. The van der Waals surface area contributed by atoms with Crippen molar-refractivity contribution in [3.63, 3.8) is 0 Å². The molecule has 15 heavy (non-hydrogen) atoms. The van der Waals surface area contributed by atoms with Gasteiger partial charge < -0.3 is 4.74 Å². The standard InChI is InChI=1S/C13H9NO/c1-2-6-12-10(4-1)11-5-3-8-15-9-7-13(11)14-12/h1-9H/b8-3-,9-7-,11-5-. The van der Waals surface area contributed by atoms with E-state index >= 15 is 0 Å². The molecule has 2 heterocycles. The van der Waals surface area contributed by atoms with Gasteiger partial charge >= 0.3 is 0 Å². The third kappa shape index (κ3) is 1.31. The fourth-order valence-corrected chi connectivity index (χ4v) is 1.76. The molecule has 0 amide bonds. The first-order valence-corrected chi connectivity index (χ1v) is 4.82. The molecule has 0 aliphatic carbocycles. The number of allylic oxidation sites excluding steroid dienone is 4. The van der Waals surface area contributed by atoms with Crippen molar-refractivity contribution in [1.29, 1.82) is 0 Å². The summed E-state index contributed by atoms with van der Waals surface area (Å²) in [4.78, 5) is 4.52. The third-order valence-corrected chi connectivity index (χ3v) is 2.44. The summed E-state index contributed by atoms with van der Waals surface area (Å²) in [5, 5.41) is 0. The maximum atomic E-state index is 5.09. The Kier molecular flexibility index (Phi) is 1.78. The van der Waals surface area contributed by atoms with Crippen molar-refractivity contribution in [3.8, 4) is 0 Å². The molecule has 0 fully saturated rings. The van der Waals surface area contributed by atoms with E-state index in [0.717, 1.165) is 17.0 Å². The molecular weight excluding hydrogens is 186 g/mol. The highest BCUT2D eigenvalue weighted by atomic mass is 16.5. The number of nitrogens with zero attached hydrogens (tertiary/aromatic N) is 1. The predicted octanol–water partition coefficient (Wildman–Crippen LogP) is 3.21. The van der Waals surface area contributed by atoms with Crippen LogP contribution < -0.4 is 0 Å². The highest BCUT2D eigenvalue weighted by Gasteiger charge is 2.17. The predicted molar refractivity (Wildman–Crippen MR) is 60.9 cm³/mol. The SMILES string of the molecule is C1=C\O/C=C\C2=Nc3ccccc3/C2=C/1. The molecule has 0 saturated carbocycles. The van der Waals surface area contributed by atoms with Gasteiger partial charge in [-0.05, 0) is 24.3 Å². The average Bonchev–Trinajstić information content (AvgIpc) is 2.55. The maximum absolute atomic E-state index is 5.09. The summed E-state index contributed by atoms with van der Waals surface area (Å²) in [6.45, 7) is 0. The zero-order valence-electron chi connectivity index (χ0n) is 8.05. The molecule has 2 nitrogen and oxygen atoms in total. The van der Waals surface area contributed by atoms with Crippen molar-refractivity contribution < 1.29 is 4.74 Å². The molecule has 0 radical (unpaired) electrons. The molecule has 72 valence electrons. The van der Waals surface area contributed by atoms with E-state index in [9.17, 15) is 0 Å². The minimum atomic E-state index is 0.959. The third-order valence-electron chi connectivity index (χ3n) is 2.44. The van der Waals surface area contributed by atoms with Gasteiger partial charge in [-0.3, -0.25) is 0 Å². The summed E-state index contributed by atoms with van der Waals surface area (Å²) in [6, 6.07) is 8.13. The highest BCUT2D eigenvalue weighted by molar-refractivity contribution is 6.33. The quantitative estimate of drug-likeness (QED) is 0.622. The van der Waals surface area contributed by atoms with Crippen LogP contribution in [0.25, 0.3) is 5.57 Å². The second-order valence-corrected chi connectivity index (χ2v) is 3.36. The van der Waals surface area contributed by atoms with Crippen LogP contribution in [0.2, 0.25) is 0 Å². The monoisotopic (exact) mass is 195 g/mol. The van der Waals surface area contributed by atoms with Crippen LogP contribution in [-0.4, -0.2) is 5.71 Å². The second kappa shape index (κ2) is 3.24. The number of hydrogen-bond donors (Lipinski definition) is 0. The van der Waals surface area contributed by atoms with Gasteiger partial charge in [-0.1, -0.05) is 18.2 Å². The lowest BCUT2D eigenvalue weighted by Crippen LogP contribution is -1.93. The second-order valence-electron chi connectivity index (χ2n) is 3.36. The zero-order chi connectivity index (χ0) is 10.1. The van der Waals surface area contributed by atoms with Crippen LogP contribution in [0.3, 0.4) is 0 Å². The van der Waals surface area contributed by atoms with E-state index in [1.165, 1.54) is 5.56 Å². The summed E-state index contributed by atoms with van der Waals surface area (Å²) in [5.41, 5.74) is 4.32. The van der Waals surface area contributed by atoms with E-state index < -0.39 is 0 Å². The van der Waals surface area contributed by atoms with Crippen molar-refractivity contribution in [2.75, 3.05) is 0 Å². The number of para-hydroxylation sites is 1. The topological polar surface area (TPSA) is 21.6 Å². The minimum absolute atomic E-state index is 0.959. The Morgan fingerprint density at radius 1 is 1.07 bits per heavy atom. The lowest BCUT2D eigenvalue weighted by molar-refractivity contribution is 0.403. The van der Waals surface area contributed by atoms with Crippen molar-refractivity contribution in [3.05, 3.63) is 60.6 Å². The largest absolute Gasteiger partial charge is 0.473 e. The van der Waals surface area contributed by atoms with Crippen LogP contribution in [-0.2, 0) is 4.74 Å². The van der Waals surface area contributed by atoms with E-state index in [0.29, 0.717) is 0 Å². The number of fused-ring (bicyclic) bond motifs is 3. The Balaban J connectivity index is 2.22. The minimum Gasteiger partial charge on any atom is -0.473 e. The van der Waals surface area contributed by atoms with Gasteiger partial charge in [0, 0.05) is 11.1 Å². The Morgan fingerprint density at radius 3 is 3.00 bits per heavy atom. The van der Waals surface area contributed by atoms with Crippen LogP contribution in [0.5, 0.6) is 0 Å². The summed E-state index contributed by atoms with van der Waals surface area (Å²) in [6.07, 6.45) is 9.09. The molecule has 0 unspecified atom stereocenters. The van der Waals surface area contributed by atoms with Crippen LogP contribution >= 0.6 is 0 Å². The molecule has 0 N–H and O–H groups in total. The van der Waals surface area contributed by atoms with E-state index in [1.54, 1.807) is 12.5 Å². The van der Waals surface area contributed by atoms with Crippen LogP contribution in [0.4, 0.5) is 5.69 Å². The van der Waals surface area contributed by atoms with Gasteiger partial charge in [0.15, 0.2) is 0 Å². The van der Waals surface area contributed by atoms with Crippen LogP contribution in [0.1, 0.15) is 5.56 Å². The molecule has 0 saturated heterocycles. The molecule has 2 aliphatic heterocycles. The number of benzene rings is 1. The molecule has 1 aromatic carbocycles. The summed E-state index contributed by atoms with van der Waals surface area (Å²) >= 11 is 0. The van der Waals surface area contributed by atoms with Gasteiger partial charge in [-0.15, -0.1) is 0 Å². The highest BCUT2D eigenvalue weighted by Crippen LogP contribution is 2.35. The molecule has 2 aliphatic rings. The lowest BCUT2D eigenvalue weighted by Gasteiger charge is -2.01. The number of rotatable bonds is 0. The first-order chi connectivity index (χ1) is 7.45. The number of ether oxygens (including phenoxy) is 1. The lowest BCUT2D eigenvalue weighted by atomic mass is 10.0. The molecule has 1 aromatic rings. The number of hydrogen-bond acceptors (Lipinski definition) is 2. The van der Waals surface area contributed by atoms with Crippen molar-refractivity contribution in [1.82, 2.24) is 0 Å². The van der Waals surface area contributed by atoms with Gasteiger partial charge in [-0.25, -0.2) is 4.99 Å². The summed E-state index contributed by atoms with van der Waals surface area (Å²) in [5.74, 6) is 0. The first-order valence-electron chi connectivity index (χ1n) is 4.82. The van der Waals surface area contributed by atoms with Gasteiger partial charge in [0.25, 0.3) is 0 Å². The maximum Gasteiger partial charge on any atom is 0.0923 e. The Morgan fingerprint density at radius 2 is 2.00 bits per heavy atom. The fraction of sp³-hybridized carbons (Fsp3) is 0. The van der Waals surface area contributed by atoms with E-state index in [-0.39, 0.29) is 0 Å². The summed E-state index contributed by atoms with van der Waals surface area (Å²) < 4.78 is 5.09. The smallest absolute Gasteiger partial charge is 0.0923 e.